The zero-order valence-corrected chi connectivity index (χ0v) is 14.5. The van der Waals surface area contributed by atoms with E-state index in [4.69, 9.17) is 34.8 Å². The van der Waals surface area contributed by atoms with E-state index in [1.165, 1.54) is 0 Å². The number of aromatic nitrogens is 2. The van der Waals surface area contributed by atoms with Crippen LogP contribution in [0.25, 0.3) is 16.7 Å². The number of benzene rings is 2. The molecule has 3 rings (SSSR count). The molecule has 6 heteroatoms. The van der Waals surface area contributed by atoms with Crippen LogP contribution >= 0.6 is 57.4 Å². The van der Waals surface area contributed by atoms with Gasteiger partial charge in [0.2, 0.25) is 0 Å². The normalized spacial score (nSPS) is 11.2. The first-order chi connectivity index (χ1) is 9.61. The van der Waals surface area contributed by atoms with Gasteiger partial charge in [-0.25, -0.2) is 4.98 Å². The lowest BCUT2D eigenvalue weighted by Crippen LogP contribution is -2.00. The minimum Gasteiger partial charge on any atom is -0.294 e. The van der Waals surface area contributed by atoms with E-state index in [0.29, 0.717) is 15.9 Å². The van der Waals surface area contributed by atoms with Crippen molar-refractivity contribution in [3.63, 3.8) is 0 Å². The summed E-state index contributed by atoms with van der Waals surface area (Å²) in [4.78, 5) is 4.56. The minimum absolute atomic E-state index is 0.300. The summed E-state index contributed by atoms with van der Waals surface area (Å²) in [5.41, 5.74) is 2.65. The first-order valence-corrected chi connectivity index (χ1v) is 8.16. The molecule has 0 atom stereocenters. The van der Waals surface area contributed by atoms with Gasteiger partial charge in [0.15, 0.2) is 0 Å². The number of fused-ring (bicyclic) bond motifs is 1. The lowest BCUT2D eigenvalue weighted by atomic mass is 10.2. The van der Waals surface area contributed by atoms with Crippen molar-refractivity contribution in [1.29, 1.82) is 0 Å². The highest BCUT2D eigenvalue weighted by atomic mass is 127. The van der Waals surface area contributed by atoms with Gasteiger partial charge in [-0.1, -0.05) is 29.3 Å². The topological polar surface area (TPSA) is 17.8 Å². The van der Waals surface area contributed by atoms with Crippen LogP contribution in [0.5, 0.6) is 0 Å². The standard InChI is InChI=1S/C14H8Cl3IN2/c15-7-13-19-10-6-8(18)4-5-11(10)20(13)12-3-1-2-9(16)14(12)17/h1-6H,7H2. The number of hydrogen-bond acceptors (Lipinski definition) is 1. The van der Waals surface area contributed by atoms with Gasteiger partial charge >= 0.3 is 0 Å². The third-order valence-electron chi connectivity index (χ3n) is 2.98. The average molecular weight is 437 g/mol. The van der Waals surface area contributed by atoms with Crippen LogP contribution in [-0.2, 0) is 5.88 Å². The minimum atomic E-state index is 0.300. The van der Waals surface area contributed by atoms with Crippen molar-refractivity contribution in [2.75, 3.05) is 0 Å². The molecule has 0 fully saturated rings. The lowest BCUT2D eigenvalue weighted by Gasteiger charge is -2.10. The van der Waals surface area contributed by atoms with E-state index < -0.39 is 0 Å². The maximum Gasteiger partial charge on any atom is 0.129 e. The molecule has 0 spiro atoms. The summed E-state index contributed by atoms with van der Waals surface area (Å²) in [5.74, 6) is 1.04. The van der Waals surface area contributed by atoms with Crippen molar-refractivity contribution in [1.82, 2.24) is 9.55 Å². The zero-order valence-electron chi connectivity index (χ0n) is 10.1. The summed E-state index contributed by atoms with van der Waals surface area (Å²) in [6.45, 7) is 0. The van der Waals surface area contributed by atoms with Gasteiger partial charge in [-0.2, -0.15) is 0 Å². The molecule has 3 aromatic rings. The first kappa shape index (κ1) is 14.4. The van der Waals surface area contributed by atoms with Gasteiger partial charge in [0.05, 0.1) is 32.6 Å². The van der Waals surface area contributed by atoms with E-state index in [0.717, 1.165) is 26.1 Å². The summed E-state index contributed by atoms with van der Waals surface area (Å²) in [6, 6.07) is 11.6. The fourth-order valence-corrected chi connectivity index (χ4v) is 3.16. The number of nitrogens with zero attached hydrogens (tertiary/aromatic N) is 2. The Labute approximate surface area is 144 Å². The molecule has 1 aromatic heterocycles. The van der Waals surface area contributed by atoms with Crippen LogP contribution in [0.3, 0.4) is 0 Å². The van der Waals surface area contributed by atoms with E-state index >= 15 is 0 Å². The third kappa shape index (κ3) is 2.41. The Morgan fingerprint density at radius 1 is 1.15 bits per heavy atom. The van der Waals surface area contributed by atoms with Gasteiger partial charge in [-0.3, -0.25) is 4.57 Å². The molecule has 2 nitrogen and oxygen atoms in total. The second kappa shape index (κ2) is 5.72. The largest absolute Gasteiger partial charge is 0.294 e. The highest BCUT2D eigenvalue weighted by molar-refractivity contribution is 14.1. The Morgan fingerprint density at radius 3 is 2.70 bits per heavy atom. The van der Waals surface area contributed by atoms with E-state index in [2.05, 4.69) is 27.6 Å². The molecule has 0 N–H and O–H groups in total. The van der Waals surface area contributed by atoms with E-state index in [1.807, 2.05) is 34.9 Å². The Kier molecular flexibility index (Phi) is 4.13. The summed E-state index contributed by atoms with van der Waals surface area (Å²) >= 11 is 20.7. The second-order valence-electron chi connectivity index (χ2n) is 4.20. The monoisotopic (exact) mass is 436 g/mol. The molecular formula is C14H8Cl3IN2. The fraction of sp³-hybridized carbons (Fsp3) is 0.0714. The van der Waals surface area contributed by atoms with Gasteiger partial charge in [0, 0.05) is 3.57 Å². The molecule has 0 aliphatic heterocycles. The second-order valence-corrected chi connectivity index (χ2v) is 6.50. The van der Waals surface area contributed by atoms with Crippen molar-refractivity contribution < 1.29 is 0 Å². The van der Waals surface area contributed by atoms with Crippen molar-refractivity contribution in [2.24, 2.45) is 0 Å². The SMILES string of the molecule is ClCc1nc2cc(I)ccc2n1-c1cccc(Cl)c1Cl. The predicted octanol–water partition coefficient (Wildman–Crippen LogP) is 5.68. The molecule has 20 heavy (non-hydrogen) atoms. The van der Waals surface area contributed by atoms with E-state index in [9.17, 15) is 0 Å². The molecule has 0 radical (unpaired) electrons. The summed E-state index contributed by atoms with van der Waals surface area (Å²) < 4.78 is 3.07. The van der Waals surface area contributed by atoms with Crippen LogP contribution in [0.2, 0.25) is 10.0 Å². The molecule has 0 amide bonds. The maximum atomic E-state index is 6.32. The fourth-order valence-electron chi connectivity index (χ4n) is 2.13. The number of hydrogen-bond donors (Lipinski definition) is 0. The lowest BCUT2D eigenvalue weighted by molar-refractivity contribution is 0.982. The summed E-state index contributed by atoms with van der Waals surface area (Å²) in [6.07, 6.45) is 0. The molecule has 1 heterocycles. The van der Waals surface area contributed by atoms with Crippen LogP contribution in [0.15, 0.2) is 36.4 Å². The van der Waals surface area contributed by atoms with Crippen molar-refractivity contribution in [3.8, 4) is 5.69 Å². The van der Waals surface area contributed by atoms with Crippen LogP contribution in [-0.4, -0.2) is 9.55 Å². The molecule has 0 aliphatic rings. The number of halogens is 4. The third-order valence-corrected chi connectivity index (χ3v) is 4.70. The number of rotatable bonds is 2. The first-order valence-electron chi connectivity index (χ1n) is 5.79. The van der Waals surface area contributed by atoms with Gasteiger partial charge in [-0.05, 0) is 52.9 Å². The average Bonchev–Trinajstić information content (AvgIpc) is 2.79. The molecule has 0 unspecified atom stereocenters. The Balaban J connectivity index is 2.37. The molecule has 102 valence electrons. The van der Waals surface area contributed by atoms with E-state index in [1.54, 1.807) is 6.07 Å². The Hall–Kier alpha value is -0.490. The van der Waals surface area contributed by atoms with Gasteiger partial charge in [0.1, 0.15) is 5.82 Å². The molecule has 0 aliphatic carbocycles. The Bertz CT molecular complexity index is 798. The molecule has 0 saturated heterocycles. The molecule has 0 saturated carbocycles. The van der Waals surface area contributed by atoms with Crippen molar-refractivity contribution >= 4 is 68.4 Å². The molecular weight excluding hydrogens is 429 g/mol. The molecule has 2 aromatic carbocycles. The Morgan fingerprint density at radius 2 is 1.95 bits per heavy atom. The van der Waals surface area contributed by atoms with Crippen LogP contribution < -0.4 is 0 Å². The van der Waals surface area contributed by atoms with Crippen LogP contribution in [0, 0.1) is 3.57 Å². The summed E-state index contributed by atoms with van der Waals surface area (Å²) in [5, 5.41) is 1.01. The highest BCUT2D eigenvalue weighted by Gasteiger charge is 2.15. The van der Waals surface area contributed by atoms with Crippen LogP contribution in [0.4, 0.5) is 0 Å². The zero-order chi connectivity index (χ0) is 14.3. The number of alkyl halides is 1. The van der Waals surface area contributed by atoms with E-state index in [-0.39, 0.29) is 0 Å². The van der Waals surface area contributed by atoms with Gasteiger partial charge in [-0.15, -0.1) is 11.6 Å². The van der Waals surface area contributed by atoms with Crippen LogP contribution in [0.1, 0.15) is 5.82 Å². The van der Waals surface area contributed by atoms with Gasteiger partial charge in [0.25, 0.3) is 0 Å². The highest BCUT2D eigenvalue weighted by Crippen LogP contribution is 2.32. The van der Waals surface area contributed by atoms with Crippen molar-refractivity contribution in [2.45, 2.75) is 5.88 Å². The smallest absolute Gasteiger partial charge is 0.129 e. The molecule has 0 bridgehead atoms. The summed E-state index contributed by atoms with van der Waals surface area (Å²) in [7, 11) is 0. The number of imidazole rings is 1. The van der Waals surface area contributed by atoms with Gasteiger partial charge < -0.3 is 0 Å². The van der Waals surface area contributed by atoms with Crippen molar-refractivity contribution in [3.05, 3.63) is 55.8 Å². The predicted molar refractivity (Wildman–Crippen MR) is 93.4 cm³/mol. The quantitative estimate of drug-likeness (QED) is 0.373. The maximum absolute atomic E-state index is 6.32.